The molecule has 208 valence electrons. The molecule has 3 rings (SSSR count). The molecule has 0 bridgehead atoms. The van der Waals surface area contributed by atoms with Gasteiger partial charge in [-0.1, -0.05) is 37.7 Å². The van der Waals surface area contributed by atoms with Crippen LogP contribution in [0.4, 0.5) is 0 Å². The summed E-state index contributed by atoms with van der Waals surface area (Å²) in [5, 5.41) is 4.82. The maximum absolute atomic E-state index is 13.2. The van der Waals surface area contributed by atoms with Gasteiger partial charge in [-0.05, 0) is 37.3 Å². The van der Waals surface area contributed by atoms with E-state index in [4.69, 9.17) is 4.74 Å². The summed E-state index contributed by atoms with van der Waals surface area (Å²) in [6.07, 6.45) is 1.09. The Morgan fingerprint density at radius 2 is 1.63 bits per heavy atom. The standard InChI is InChI=1S/C27H38N4O6S/c1-18(2)17-22(24(33)28-10-12-30-13-15-37-16-14-30)29-25(34)23(38-19(3)32)9-6-11-31-26(35)20-7-4-5-8-21(20)27(31)36/h4-5,7-8,18,22-23H,6,9-17H2,1-3H3,(H,28,33)(H,29,34)/t22-,23?/m0/s1. The Morgan fingerprint density at radius 3 is 2.21 bits per heavy atom. The van der Waals surface area contributed by atoms with E-state index in [1.807, 2.05) is 13.8 Å². The molecule has 38 heavy (non-hydrogen) atoms. The van der Waals surface area contributed by atoms with E-state index in [1.165, 1.54) is 11.8 Å². The molecule has 0 aromatic heterocycles. The average molecular weight is 547 g/mol. The van der Waals surface area contributed by atoms with Crippen LogP contribution in [-0.4, -0.2) is 95.8 Å². The minimum Gasteiger partial charge on any atom is -0.379 e. The van der Waals surface area contributed by atoms with Crippen molar-refractivity contribution in [1.82, 2.24) is 20.4 Å². The van der Waals surface area contributed by atoms with Gasteiger partial charge >= 0.3 is 0 Å². The van der Waals surface area contributed by atoms with Gasteiger partial charge in [-0.15, -0.1) is 0 Å². The highest BCUT2D eigenvalue weighted by molar-refractivity contribution is 8.14. The van der Waals surface area contributed by atoms with Crippen molar-refractivity contribution in [3.63, 3.8) is 0 Å². The second-order valence-electron chi connectivity index (χ2n) is 9.98. The number of carbonyl (C=O) groups is 5. The van der Waals surface area contributed by atoms with Crippen molar-refractivity contribution in [2.75, 3.05) is 45.9 Å². The van der Waals surface area contributed by atoms with E-state index in [2.05, 4.69) is 15.5 Å². The number of carbonyl (C=O) groups excluding carboxylic acids is 5. The second kappa shape index (κ2) is 14.4. The van der Waals surface area contributed by atoms with Crippen molar-refractivity contribution < 1.29 is 28.7 Å². The molecule has 2 atom stereocenters. The summed E-state index contributed by atoms with van der Waals surface area (Å²) in [5.74, 6) is -1.19. The van der Waals surface area contributed by atoms with E-state index in [0.717, 1.165) is 24.9 Å². The van der Waals surface area contributed by atoms with Crippen molar-refractivity contribution >= 4 is 40.5 Å². The molecule has 1 saturated heterocycles. The lowest BCUT2D eigenvalue weighted by Crippen LogP contribution is -2.51. The summed E-state index contributed by atoms with van der Waals surface area (Å²) in [7, 11) is 0. The molecule has 1 aromatic rings. The molecule has 2 N–H and O–H groups in total. The summed E-state index contributed by atoms with van der Waals surface area (Å²) in [4.78, 5) is 66.7. The quantitative estimate of drug-likeness (QED) is 0.358. The minimum atomic E-state index is -0.738. The van der Waals surface area contributed by atoms with Gasteiger partial charge in [-0.25, -0.2) is 0 Å². The molecule has 4 amide bonds. The van der Waals surface area contributed by atoms with Crippen LogP contribution in [0.25, 0.3) is 0 Å². The number of amides is 4. The number of hydrogen-bond donors (Lipinski definition) is 2. The Hall–Kier alpha value is -2.76. The molecule has 0 spiro atoms. The van der Waals surface area contributed by atoms with Gasteiger partial charge in [-0.2, -0.15) is 0 Å². The fourth-order valence-corrected chi connectivity index (χ4v) is 5.43. The van der Waals surface area contributed by atoms with Gasteiger partial charge in [0.1, 0.15) is 6.04 Å². The average Bonchev–Trinajstić information content (AvgIpc) is 3.12. The predicted molar refractivity (Wildman–Crippen MR) is 145 cm³/mol. The molecule has 2 aliphatic rings. The van der Waals surface area contributed by atoms with E-state index >= 15 is 0 Å². The molecule has 1 unspecified atom stereocenters. The first-order valence-corrected chi connectivity index (χ1v) is 14.1. The lowest BCUT2D eigenvalue weighted by molar-refractivity contribution is -0.129. The second-order valence-corrected chi connectivity index (χ2v) is 11.4. The first-order valence-electron chi connectivity index (χ1n) is 13.2. The van der Waals surface area contributed by atoms with Gasteiger partial charge < -0.3 is 15.4 Å². The van der Waals surface area contributed by atoms with Crippen LogP contribution in [-0.2, 0) is 19.1 Å². The van der Waals surface area contributed by atoms with Crippen LogP contribution < -0.4 is 10.6 Å². The van der Waals surface area contributed by atoms with Crippen LogP contribution in [0.5, 0.6) is 0 Å². The minimum absolute atomic E-state index is 0.145. The van der Waals surface area contributed by atoms with Crippen molar-refractivity contribution in [3.05, 3.63) is 35.4 Å². The number of morpholine rings is 1. The number of benzene rings is 1. The Morgan fingerprint density at radius 1 is 1.00 bits per heavy atom. The van der Waals surface area contributed by atoms with Crippen LogP contribution in [0.2, 0.25) is 0 Å². The van der Waals surface area contributed by atoms with E-state index in [0.29, 0.717) is 50.3 Å². The zero-order valence-electron chi connectivity index (χ0n) is 22.4. The normalized spacial score (nSPS) is 17.3. The third-order valence-corrected chi connectivity index (χ3v) is 7.56. The van der Waals surface area contributed by atoms with Gasteiger partial charge in [0.05, 0.1) is 29.6 Å². The number of nitrogens with one attached hydrogen (secondary N) is 2. The largest absolute Gasteiger partial charge is 0.379 e. The molecule has 11 heteroatoms. The molecule has 0 saturated carbocycles. The third-order valence-electron chi connectivity index (χ3n) is 6.50. The molecule has 1 fully saturated rings. The first-order chi connectivity index (χ1) is 18.2. The van der Waals surface area contributed by atoms with Crippen LogP contribution in [0, 0.1) is 5.92 Å². The van der Waals surface area contributed by atoms with Gasteiger partial charge in [0.15, 0.2) is 5.12 Å². The van der Waals surface area contributed by atoms with E-state index in [1.54, 1.807) is 24.3 Å². The van der Waals surface area contributed by atoms with E-state index in [9.17, 15) is 24.0 Å². The Kier molecular flexibility index (Phi) is 11.3. The molecular formula is C27H38N4O6S. The van der Waals surface area contributed by atoms with Crippen LogP contribution in [0.15, 0.2) is 24.3 Å². The summed E-state index contributed by atoms with van der Waals surface area (Å²) < 4.78 is 5.35. The molecule has 2 heterocycles. The summed E-state index contributed by atoms with van der Waals surface area (Å²) in [6.45, 7) is 9.68. The van der Waals surface area contributed by atoms with Gasteiger partial charge in [-0.3, -0.25) is 33.8 Å². The summed E-state index contributed by atoms with van der Waals surface area (Å²) in [6, 6.07) is 5.95. The van der Waals surface area contributed by atoms with E-state index in [-0.39, 0.29) is 41.7 Å². The van der Waals surface area contributed by atoms with Crippen LogP contribution in [0.3, 0.4) is 0 Å². The third kappa shape index (κ3) is 8.37. The highest BCUT2D eigenvalue weighted by Crippen LogP contribution is 2.24. The number of nitrogens with zero attached hydrogens (tertiary/aromatic N) is 2. The molecule has 2 aliphatic heterocycles. The van der Waals surface area contributed by atoms with Crippen molar-refractivity contribution in [3.8, 4) is 0 Å². The highest BCUT2D eigenvalue weighted by Gasteiger charge is 2.35. The highest BCUT2D eigenvalue weighted by atomic mass is 32.2. The molecular weight excluding hydrogens is 508 g/mol. The van der Waals surface area contributed by atoms with Gasteiger partial charge in [0, 0.05) is 39.6 Å². The topological polar surface area (TPSA) is 125 Å². The maximum atomic E-state index is 13.2. The van der Waals surface area contributed by atoms with Crippen molar-refractivity contribution in [1.29, 1.82) is 0 Å². The van der Waals surface area contributed by atoms with E-state index < -0.39 is 17.2 Å². The van der Waals surface area contributed by atoms with Gasteiger partial charge in [0.2, 0.25) is 11.8 Å². The lowest BCUT2D eigenvalue weighted by atomic mass is 10.0. The number of ether oxygens (including phenoxy) is 1. The number of fused-ring (bicyclic) bond motifs is 1. The zero-order valence-corrected chi connectivity index (χ0v) is 23.2. The Bertz CT molecular complexity index is 992. The smallest absolute Gasteiger partial charge is 0.261 e. The van der Waals surface area contributed by atoms with Gasteiger partial charge in [0.25, 0.3) is 11.8 Å². The fourth-order valence-electron chi connectivity index (χ4n) is 4.57. The number of rotatable bonds is 13. The SMILES string of the molecule is CC(=O)SC(CCCN1C(=O)c2ccccc2C1=O)C(=O)N[C@@H](CC(C)C)C(=O)NCCN1CCOCC1. The lowest BCUT2D eigenvalue weighted by Gasteiger charge is -2.27. The zero-order chi connectivity index (χ0) is 27.7. The summed E-state index contributed by atoms with van der Waals surface area (Å²) >= 11 is 0.899. The number of imide groups is 1. The monoisotopic (exact) mass is 546 g/mol. The maximum Gasteiger partial charge on any atom is 0.261 e. The summed E-state index contributed by atoms with van der Waals surface area (Å²) in [5.41, 5.74) is 0.752. The molecule has 1 aromatic carbocycles. The number of thioether (sulfide) groups is 1. The van der Waals surface area contributed by atoms with Crippen LogP contribution in [0.1, 0.15) is 60.7 Å². The molecule has 0 aliphatic carbocycles. The fraction of sp³-hybridized carbons (Fsp3) is 0.593. The first kappa shape index (κ1) is 29.8. The Balaban J connectivity index is 1.55. The van der Waals surface area contributed by atoms with Crippen molar-refractivity contribution in [2.45, 2.75) is 51.3 Å². The predicted octanol–water partition coefficient (Wildman–Crippen LogP) is 1.69. The van der Waals surface area contributed by atoms with Crippen LogP contribution >= 0.6 is 11.8 Å². The number of hydrogen-bond acceptors (Lipinski definition) is 8. The molecule has 10 nitrogen and oxygen atoms in total. The van der Waals surface area contributed by atoms with Crippen molar-refractivity contribution in [2.24, 2.45) is 5.92 Å². The molecule has 0 radical (unpaired) electrons. The Labute approximate surface area is 228 Å².